The summed E-state index contributed by atoms with van der Waals surface area (Å²) >= 11 is 5.09. The Morgan fingerprint density at radius 1 is 1.23 bits per heavy atom. The van der Waals surface area contributed by atoms with Gasteiger partial charge in [-0.2, -0.15) is 5.10 Å². The number of nitrogens with one attached hydrogen (secondary N) is 1. The third-order valence-electron chi connectivity index (χ3n) is 5.28. The molecule has 35 heavy (non-hydrogen) atoms. The molecule has 0 unspecified atom stereocenters. The van der Waals surface area contributed by atoms with Gasteiger partial charge in [-0.1, -0.05) is 46.3 Å². The number of nitrogens with two attached hydrogens (primary N) is 1. The second kappa shape index (κ2) is 10.3. The predicted octanol–water partition coefficient (Wildman–Crippen LogP) is 6.56. The van der Waals surface area contributed by atoms with Crippen molar-refractivity contribution in [3.05, 3.63) is 75.0 Å². The van der Waals surface area contributed by atoms with Crippen LogP contribution in [0.3, 0.4) is 0 Å². The highest BCUT2D eigenvalue weighted by Crippen LogP contribution is 2.33. The number of ether oxygens (including phenoxy) is 1. The lowest BCUT2D eigenvalue weighted by Crippen LogP contribution is -2.33. The number of carbonyl (C=O) groups excluding carboxylic acids is 1. The summed E-state index contributed by atoms with van der Waals surface area (Å²) in [4.78, 5) is 15.0. The molecule has 182 valence electrons. The molecule has 0 aliphatic rings. The van der Waals surface area contributed by atoms with Gasteiger partial charge in [0.25, 0.3) is 0 Å². The number of benzene rings is 2. The van der Waals surface area contributed by atoms with Crippen molar-refractivity contribution in [3.8, 4) is 11.1 Å². The smallest absolute Gasteiger partial charge is 0.410 e. The van der Waals surface area contributed by atoms with Crippen molar-refractivity contribution in [2.75, 3.05) is 12.4 Å². The minimum atomic E-state index is -0.541. The lowest BCUT2D eigenvalue weighted by atomic mass is 10.0. The number of nitrogens with zero attached hydrogens (tertiary/aromatic N) is 3. The summed E-state index contributed by atoms with van der Waals surface area (Å²) in [6.07, 6.45) is 0.920. The first-order valence-corrected chi connectivity index (χ1v) is 12.8. The number of halogens is 1. The zero-order valence-corrected chi connectivity index (χ0v) is 22.5. The molecule has 3 N–H and O–H groups in total. The number of aromatic nitrogens is 2. The minimum absolute atomic E-state index is 0.354. The molecule has 1 amide bonds. The summed E-state index contributed by atoms with van der Waals surface area (Å²) in [7, 11) is 1.74. The predicted molar refractivity (Wildman–Crippen MR) is 145 cm³/mol. The first kappa shape index (κ1) is 25.1. The van der Waals surface area contributed by atoms with Gasteiger partial charge in [-0.25, -0.2) is 4.79 Å². The maximum Gasteiger partial charge on any atom is 0.410 e. The maximum atomic E-state index is 12.5. The Kier molecular flexibility index (Phi) is 7.39. The highest BCUT2D eigenvalue weighted by Gasteiger charge is 2.21. The molecule has 0 bridgehead atoms. The second-order valence-electron chi connectivity index (χ2n) is 9.28. The Hall–Kier alpha value is -3.01. The Balaban J connectivity index is 1.53. The van der Waals surface area contributed by atoms with Gasteiger partial charge >= 0.3 is 6.09 Å². The monoisotopic (exact) mass is 553 g/mol. The standard InChI is InChI=1S/C26H28BrN5O2S/c1-26(2,3)34-25(33)32(4)14-17-7-5-6-8-20(17)18-11-22(35-15-18)23(28)30-24-21-12-19(27)10-9-16(21)13-29-31-24/h5-13,15,23H,14,28H2,1-4H3,(H,30,31)/t23-/m0/s1. The molecule has 4 rings (SSSR count). The van der Waals surface area contributed by atoms with E-state index < -0.39 is 11.8 Å². The first-order chi connectivity index (χ1) is 16.6. The van der Waals surface area contributed by atoms with Crippen molar-refractivity contribution >= 4 is 50.0 Å². The fourth-order valence-corrected chi connectivity index (χ4v) is 4.85. The fourth-order valence-electron chi connectivity index (χ4n) is 3.63. The first-order valence-electron chi connectivity index (χ1n) is 11.1. The van der Waals surface area contributed by atoms with E-state index in [1.54, 1.807) is 29.5 Å². The lowest BCUT2D eigenvalue weighted by Gasteiger charge is -2.25. The van der Waals surface area contributed by atoms with Crippen LogP contribution in [0.1, 0.15) is 37.4 Å². The third-order valence-corrected chi connectivity index (χ3v) is 6.79. The molecule has 2 aromatic heterocycles. The van der Waals surface area contributed by atoms with Gasteiger partial charge in [-0.05, 0) is 61.0 Å². The molecular weight excluding hydrogens is 526 g/mol. The molecule has 2 aromatic carbocycles. The highest BCUT2D eigenvalue weighted by molar-refractivity contribution is 9.10. The van der Waals surface area contributed by atoms with E-state index in [1.165, 1.54) is 0 Å². The molecule has 0 aliphatic heterocycles. The van der Waals surface area contributed by atoms with E-state index >= 15 is 0 Å². The molecule has 0 spiro atoms. The molecule has 0 fully saturated rings. The summed E-state index contributed by atoms with van der Waals surface area (Å²) in [5.41, 5.74) is 9.09. The quantitative estimate of drug-likeness (QED) is 0.263. The van der Waals surface area contributed by atoms with Gasteiger partial charge in [0.1, 0.15) is 11.8 Å². The van der Waals surface area contributed by atoms with Crippen LogP contribution in [0.4, 0.5) is 10.6 Å². The lowest BCUT2D eigenvalue weighted by molar-refractivity contribution is 0.0285. The van der Waals surface area contributed by atoms with Crippen LogP contribution < -0.4 is 11.1 Å². The van der Waals surface area contributed by atoms with Crippen molar-refractivity contribution in [1.29, 1.82) is 0 Å². The van der Waals surface area contributed by atoms with Crippen LogP contribution in [-0.2, 0) is 11.3 Å². The van der Waals surface area contributed by atoms with Crippen LogP contribution in [0, 0.1) is 0 Å². The number of amides is 1. The zero-order chi connectivity index (χ0) is 25.2. The van der Waals surface area contributed by atoms with Crippen molar-refractivity contribution < 1.29 is 9.53 Å². The van der Waals surface area contributed by atoms with Gasteiger partial charge in [0.05, 0.1) is 6.20 Å². The van der Waals surface area contributed by atoms with Gasteiger partial charge < -0.3 is 20.7 Å². The molecule has 7 nitrogen and oxygen atoms in total. The summed E-state index contributed by atoms with van der Waals surface area (Å²) in [5, 5.41) is 15.7. The molecule has 4 aromatic rings. The van der Waals surface area contributed by atoms with Gasteiger partial charge in [0.15, 0.2) is 5.82 Å². The van der Waals surface area contributed by atoms with E-state index in [4.69, 9.17) is 10.5 Å². The fraction of sp³-hybridized carbons (Fsp3) is 0.269. The Morgan fingerprint density at radius 3 is 2.77 bits per heavy atom. The molecule has 0 saturated carbocycles. The Morgan fingerprint density at radius 2 is 2.00 bits per heavy atom. The van der Waals surface area contributed by atoms with Gasteiger partial charge in [0.2, 0.25) is 0 Å². The van der Waals surface area contributed by atoms with E-state index in [2.05, 4.69) is 49.0 Å². The molecule has 2 heterocycles. The zero-order valence-electron chi connectivity index (χ0n) is 20.1. The molecule has 0 aliphatic carbocycles. The van der Waals surface area contributed by atoms with Crippen molar-refractivity contribution in [3.63, 3.8) is 0 Å². The van der Waals surface area contributed by atoms with Gasteiger partial charge in [-0.3, -0.25) is 0 Å². The number of carbonyl (C=O) groups is 1. The van der Waals surface area contributed by atoms with E-state index in [9.17, 15) is 4.79 Å². The van der Waals surface area contributed by atoms with Crippen LogP contribution in [0.25, 0.3) is 21.9 Å². The topological polar surface area (TPSA) is 93.4 Å². The number of hydrogen-bond donors (Lipinski definition) is 2. The van der Waals surface area contributed by atoms with E-state index in [0.29, 0.717) is 12.4 Å². The highest BCUT2D eigenvalue weighted by atomic mass is 79.9. The van der Waals surface area contributed by atoms with Crippen LogP contribution in [0.2, 0.25) is 0 Å². The number of anilines is 1. The summed E-state index contributed by atoms with van der Waals surface area (Å²) in [5.74, 6) is 0.630. The largest absolute Gasteiger partial charge is 0.444 e. The summed E-state index contributed by atoms with van der Waals surface area (Å²) in [6, 6.07) is 16.1. The van der Waals surface area contributed by atoms with Gasteiger partial charge in [0, 0.05) is 33.7 Å². The van der Waals surface area contributed by atoms with Crippen molar-refractivity contribution in [2.24, 2.45) is 5.73 Å². The number of fused-ring (bicyclic) bond motifs is 1. The van der Waals surface area contributed by atoms with Crippen LogP contribution in [0.5, 0.6) is 0 Å². The SMILES string of the molecule is CN(Cc1ccccc1-c1csc([C@@H](N)Nc2nncc3ccc(Br)cc23)c1)C(=O)OC(C)(C)C. The third kappa shape index (κ3) is 6.17. The Labute approximate surface area is 217 Å². The average molecular weight is 555 g/mol. The molecule has 0 radical (unpaired) electrons. The van der Waals surface area contributed by atoms with Crippen molar-refractivity contribution in [1.82, 2.24) is 15.1 Å². The molecule has 9 heteroatoms. The molecule has 1 atom stereocenters. The number of hydrogen-bond acceptors (Lipinski definition) is 7. The van der Waals surface area contributed by atoms with Crippen LogP contribution in [-0.4, -0.2) is 33.8 Å². The number of rotatable bonds is 6. The average Bonchev–Trinajstić information content (AvgIpc) is 3.29. The maximum absolute atomic E-state index is 12.5. The normalized spacial score (nSPS) is 12.4. The van der Waals surface area contributed by atoms with Gasteiger partial charge in [-0.15, -0.1) is 16.4 Å². The minimum Gasteiger partial charge on any atom is -0.444 e. The van der Waals surface area contributed by atoms with Crippen LogP contribution >= 0.6 is 27.3 Å². The summed E-state index contributed by atoms with van der Waals surface area (Å²) < 4.78 is 6.46. The number of thiophene rings is 1. The van der Waals surface area contributed by atoms with E-state index in [1.807, 2.05) is 57.2 Å². The van der Waals surface area contributed by atoms with E-state index in [-0.39, 0.29) is 6.09 Å². The summed E-state index contributed by atoms with van der Waals surface area (Å²) in [6.45, 7) is 6.01. The van der Waals surface area contributed by atoms with Crippen LogP contribution in [0.15, 0.2) is 64.6 Å². The molecule has 0 saturated heterocycles. The second-order valence-corrected chi connectivity index (χ2v) is 11.1. The molecular formula is C26H28BrN5O2S. The van der Waals surface area contributed by atoms with E-state index in [0.717, 1.165) is 36.8 Å². The Bertz CT molecular complexity index is 1350. The van der Waals surface area contributed by atoms with Crippen molar-refractivity contribution in [2.45, 2.75) is 39.1 Å².